The summed E-state index contributed by atoms with van der Waals surface area (Å²) in [6.45, 7) is 6.77. The Kier molecular flexibility index (Phi) is 4.89. The molecule has 4 rings (SSSR count). The number of hydrogen-bond donors (Lipinski definition) is 0. The van der Waals surface area contributed by atoms with Crippen molar-refractivity contribution in [1.29, 1.82) is 0 Å². The molecule has 5 nitrogen and oxygen atoms in total. The molecule has 0 spiro atoms. The minimum Gasteiger partial charge on any atom is -0.494 e. The zero-order chi connectivity index (χ0) is 19.5. The van der Waals surface area contributed by atoms with Crippen molar-refractivity contribution < 1.29 is 9.53 Å². The van der Waals surface area contributed by atoms with Gasteiger partial charge < -0.3 is 4.74 Å². The van der Waals surface area contributed by atoms with Crippen molar-refractivity contribution in [3.63, 3.8) is 0 Å². The molecule has 0 aliphatic carbocycles. The van der Waals surface area contributed by atoms with Crippen LogP contribution in [0.15, 0.2) is 72.8 Å². The van der Waals surface area contributed by atoms with Gasteiger partial charge in [0.15, 0.2) is 5.69 Å². The topological polar surface area (TPSA) is 43.8 Å². The Hall–Kier alpha value is -3.47. The molecule has 0 fully saturated rings. The van der Waals surface area contributed by atoms with E-state index in [1.807, 2.05) is 40.8 Å². The molecule has 5 heteroatoms. The summed E-state index contributed by atoms with van der Waals surface area (Å²) in [5.41, 5.74) is 5.26. The van der Waals surface area contributed by atoms with Gasteiger partial charge in [0.05, 0.1) is 17.3 Å². The Morgan fingerprint density at radius 2 is 1.43 bits per heavy atom. The van der Waals surface area contributed by atoms with Crippen molar-refractivity contribution in [2.24, 2.45) is 0 Å². The Balaban J connectivity index is 1.81. The lowest BCUT2D eigenvalue weighted by Gasteiger charge is -2.01. The van der Waals surface area contributed by atoms with Gasteiger partial charge in [-0.2, -0.15) is 0 Å². The number of tetrazole rings is 1. The van der Waals surface area contributed by atoms with Crippen LogP contribution in [0.25, 0.3) is 22.8 Å². The molecule has 1 heterocycles. The predicted molar refractivity (Wildman–Crippen MR) is 109 cm³/mol. The van der Waals surface area contributed by atoms with Gasteiger partial charge in [0.25, 0.3) is 0 Å². The maximum absolute atomic E-state index is 5.54. The second kappa shape index (κ2) is 7.64. The van der Waals surface area contributed by atoms with E-state index >= 15 is 0 Å². The third-order valence-corrected chi connectivity index (χ3v) is 4.51. The second-order valence-electron chi connectivity index (χ2n) is 6.73. The average molecular weight is 371 g/mol. The molecule has 0 aliphatic rings. The molecule has 0 saturated carbocycles. The Morgan fingerprint density at radius 1 is 0.821 bits per heavy atom. The van der Waals surface area contributed by atoms with Crippen LogP contribution in [0.4, 0.5) is 0 Å². The van der Waals surface area contributed by atoms with Crippen LogP contribution in [0.1, 0.15) is 18.1 Å². The van der Waals surface area contributed by atoms with Gasteiger partial charge in [0.1, 0.15) is 11.4 Å². The smallest absolute Gasteiger partial charge is 0.340 e. The largest absolute Gasteiger partial charge is 0.494 e. The zero-order valence-electron chi connectivity index (χ0n) is 16.3. The summed E-state index contributed by atoms with van der Waals surface area (Å²) in [6.07, 6.45) is 0. The summed E-state index contributed by atoms with van der Waals surface area (Å²) in [6, 6.07) is 24.4. The lowest BCUT2D eigenvalue weighted by atomic mass is 10.2. The molecule has 140 valence electrons. The molecule has 0 bridgehead atoms. The van der Waals surface area contributed by atoms with Crippen molar-refractivity contribution >= 4 is 0 Å². The minimum atomic E-state index is 0.646. The van der Waals surface area contributed by atoms with E-state index in [-0.39, 0.29) is 0 Å². The number of hydrogen-bond acceptors (Lipinski definition) is 3. The van der Waals surface area contributed by atoms with Crippen LogP contribution >= 0.6 is 0 Å². The Bertz CT molecular complexity index is 1000. The van der Waals surface area contributed by atoms with E-state index in [2.05, 4.69) is 62.4 Å². The summed E-state index contributed by atoms with van der Waals surface area (Å²) >= 11 is 0. The van der Waals surface area contributed by atoms with E-state index in [1.54, 1.807) is 0 Å². The number of ether oxygens (including phenoxy) is 1. The molecule has 4 aromatic rings. The van der Waals surface area contributed by atoms with Gasteiger partial charge >= 0.3 is 5.82 Å². The fraction of sp³-hybridized carbons (Fsp3) is 0.174. The molecule has 0 saturated heterocycles. The number of nitrogens with zero attached hydrogens (tertiary/aromatic N) is 4. The van der Waals surface area contributed by atoms with E-state index < -0.39 is 0 Å². The van der Waals surface area contributed by atoms with Gasteiger partial charge in [-0.25, -0.2) is 0 Å². The molecule has 0 N–H and O–H groups in total. The van der Waals surface area contributed by atoms with Crippen LogP contribution in [0.3, 0.4) is 0 Å². The van der Waals surface area contributed by atoms with Crippen molar-refractivity contribution in [1.82, 2.24) is 15.0 Å². The van der Waals surface area contributed by atoms with E-state index in [1.165, 1.54) is 11.1 Å². The fourth-order valence-electron chi connectivity index (χ4n) is 2.96. The van der Waals surface area contributed by atoms with Crippen molar-refractivity contribution in [2.45, 2.75) is 20.8 Å². The highest BCUT2D eigenvalue weighted by Gasteiger charge is 2.23. The van der Waals surface area contributed by atoms with Gasteiger partial charge in [-0.1, -0.05) is 35.4 Å². The van der Waals surface area contributed by atoms with Crippen LogP contribution in [-0.2, 0) is 0 Å². The molecule has 0 atom stereocenters. The first-order chi connectivity index (χ1) is 13.6. The van der Waals surface area contributed by atoms with Crippen molar-refractivity contribution in [2.75, 3.05) is 6.61 Å². The van der Waals surface area contributed by atoms with Crippen LogP contribution in [0, 0.1) is 13.8 Å². The average Bonchev–Trinajstić information content (AvgIpc) is 3.15. The number of aromatic nitrogens is 4. The first-order valence-corrected chi connectivity index (χ1v) is 9.41. The van der Waals surface area contributed by atoms with Gasteiger partial charge in [0, 0.05) is 4.80 Å². The number of rotatable bonds is 5. The molecule has 0 radical (unpaired) electrons. The third kappa shape index (κ3) is 3.64. The maximum Gasteiger partial charge on any atom is 0.340 e. The van der Waals surface area contributed by atoms with E-state index in [9.17, 15) is 0 Å². The van der Waals surface area contributed by atoms with Crippen LogP contribution in [0.2, 0.25) is 0 Å². The predicted octanol–water partition coefficient (Wildman–Crippen LogP) is 4.23. The molecule has 0 aliphatic heterocycles. The first kappa shape index (κ1) is 17.9. The molecular formula is C23H23N4O+. The molecule has 28 heavy (non-hydrogen) atoms. The van der Waals surface area contributed by atoms with Crippen LogP contribution < -0.4 is 9.53 Å². The summed E-state index contributed by atoms with van der Waals surface area (Å²) in [7, 11) is 0. The highest BCUT2D eigenvalue weighted by molar-refractivity contribution is 5.55. The lowest BCUT2D eigenvalue weighted by Crippen LogP contribution is -2.43. The number of aryl methyl sites for hydroxylation is 2. The Labute approximate surface area is 164 Å². The van der Waals surface area contributed by atoms with E-state index in [0.29, 0.717) is 12.4 Å². The summed E-state index contributed by atoms with van der Waals surface area (Å²) in [4.78, 5) is 3.66. The molecule has 3 aromatic carbocycles. The first-order valence-electron chi connectivity index (χ1n) is 9.41. The molecule has 1 aromatic heterocycles. The monoisotopic (exact) mass is 371 g/mol. The minimum absolute atomic E-state index is 0.646. The van der Waals surface area contributed by atoms with Gasteiger partial charge in [0.2, 0.25) is 0 Å². The quantitative estimate of drug-likeness (QED) is 0.493. The van der Waals surface area contributed by atoms with E-state index in [4.69, 9.17) is 14.9 Å². The highest BCUT2D eigenvalue weighted by atomic mass is 16.5. The maximum atomic E-state index is 5.54. The third-order valence-electron chi connectivity index (χ3n) is 4.51. The molecular weight excluding hydrogens is 348 g/mol. The summed E-state index contributed by atoms with van der Waals surface area (Å²) in [5, 5.41) is 9.57. The molecule has 0 amide bonds. The van der Waals surface area contributed by atoms with Gasteiger partial charge in [-0.15, -0.1) is 0 Å². The van der Waals surface area contributed by atoms with Gasteiger partial charge in [-0.05, 0) is 79.2 Å². The van der Waals surface area contributed by atoms with Crippen molar-refractivity contribution in [3.8, 4) is 28.5 Å². The second-order valence-corrected chi connectivity index (χ2v) is 6.73. The summed E-state index contributed by atoms with van der Waals surface area (Å²) < 4.78 is 5.54. The van der Waals surface area contributed by atoms with E-state index in [0.717, 1.165) is 22.7 Å². The normalized spacial score (nSPS) is 10.8. The highest BCUT2D eigenvalue weighted by Crippen LogP contribution is 2.19. The van der Waals surface area contributed by atoms with Gasteiger partial charge in [-0.3, -0.25) is 0 Å². The lowest BCUT2D eigenvalue weighted by molar-refractivity contribution is -0.734. The fourth-order valence-corrected chi connectivity index (χ4v) is 2.96. The van der Waals surface area contributed by atoms with Crippen LogP contribution in [0.5, 0.6) is 5.75 Å². The zero-order valence-corrected chi connectivity index (χ0v) is 16.3. The number of benzene rings is 3. The van der Waals surface area contributed by atoms with Crippen molar-refractivity contribution in [3.05, 3.63) is 83.9 Å². The molecule has 0 unspecified atom stereocenters. The SMILES string of the molecule is CCOc1ccc(-c2nn(-c3ccc(C)cc3)[n+](-c3ccc(C)cc3)n2)cc1. The van der Waals surface area contributed by atoms with Crippen LogP contribution in [-0.4, -0.2) is 21.6 Å². The Morgan fingerprint density at radius 3 is 2.04 bits per heavy atom. The summed E-state index contributed by atoms with van der Waals surface area (Å²) in [5.74, 6) is 1.50. The standard InChI is InChI=1S/C23H23N4O/c1-4-28-22-15-9-19(10-16-22)23-24-26(20-11-5-17(2)6-12-20)27(25-23)21-13-7-18(3)8-14-21/h5-16H,4H2,1-3H3/q+1.